The molecular weight excluding hydrogens is 242 g/mol. The first kappa shape index (κ1) is 13.1. The molecule has 2 aromatic rings. The van der Waals surface area contributed by atoms with E-state index in [0.717, 1.165) is 0 Å². The molecule has 0 aliphatic heterocycles. The molecule has 2 rings (SSSR count). The molecular formula is C14H15N3O2. The molecule has 0 saturated carbocycles. The second-order valence-corrected chi connectivity index (χ2v) is 4.08. The summed E-state index contributed by atoms with van der Waals surface area (Å²) in [5.74, 6) is 0.274. The van der Waals surface area contributed by atoms with Gasteiger partial charge in [0.15, 0.2) is 5.69 Å². The molecule has 2 heterocycles. The molecule has 0 unspecified atom stereocenters. The molecule has 19 heavy (non-hydrogen) atoms. The standard InChI is InChI=1S/C14H15N3O2/c1-4-11-10(8-9(2)16-17-11)14(18)13-12(19-3)6-5-7-15-13/h5-8H,4H2,1-3H3. The van der Waals surface area contributed by atoms with Crippen molar-refractivity contribution in [3.05, 3.63) is 47.0 Å². The lowest BCUT2D eigenvalue weighted by molar-refractivity contribution is 0.102. The Labute approximate surface area is 111 Å². The summed E-state index contributed by atoms with van der Waals surface area (Å²) in [4.78, 5) is 16.7. The van der Waals surface area contributed by atoms with E-state index in [2.05, 4.69) is 15.2 Å². The number of hydrogen-bond donors (Lipinski definition) is 0. The van der Waals surface area contributed by atoms with Gasteiger partial charge in [0, 0.05) is 11.8 Å². The number of aromatic nitrogens is 3. The molecule has 0 N–H and O–H groups in total. The molecule has 0 amide bonds. The lowest BCUT2D eigenvalue weighted by atomic mass is 10.0. The van der Waals surface area contributed by atoms with Crippen LogP contribution in [0.1, 0.15) is 34.4 Å². The Morgan fingerprint density at radius 3 is 2.84 bits per heavy atom. The molecule has 0 aromatic carbocycles. The van der Waals surface area contributed by atoms with Gasteiger partial charge in [-0.2, -0.15) is 10.2 Å². The van der Waals surface area contributed by atoms with Gasteiger partial charge in [-0.3, -0.25) is 4.79 Å². The predicted molar refractivity (Wildman–Crippen MR) is 70.4 cm³/mol. The van der Waals surface area contributed by atoms with E-state index >= 15 is 0 Å². The van der Waals surface area contributed by atoms with Gasteiger partial charge in [-0.25, -0.2) is 4.98 Å². The van der Waals surface area contributed by atoms with Crippen LogP contribution in [0.25, 0.3) is 0 Å². The average molecular weight is 257 g/mol. The minimum atomic E-state index is -0.188. The Balaban J connectivity index is 2.52. The minimum Gasteiger partial charge on any atom is -0.494 e. The highest BCUT2D eigenvalue weighted by molar-refractivity contribution is 6.10. The largest absolute Gasteiger partial charge is 0.494 e. The molecule has 0 radical (unpaired) electrons. The predicted octanol–water partition coefficient (Wildman–Crippen LogP) is 1.98. The number of pyridine rings is 1. The van der Waals surface area contributed by atoms with Crippen molar-refractivity contribution >= 4 is 5.78 Å². The highest BCUT2D eigenvalue weighted by Crippen LogP contribution is 2.20. The Morgan fingerprint density at radius 2 is 2.16 bits per heavy atom. The van der Waals surface area contributed by atoms with Crippen molar-refractivity contribution in [2.45, 2.75) is 20.3 Å². The van der Waals surface area contributed by atoms with E-state index in [-0.39, 0.29) is 5.78 Å². The van der Waals surface area contributed by atoms with Crippen LogP contribution >= 0.6 is 0 Å². The van der Waals surface area contributed by atoms with Gasteiger partial charge < -0.3 is 4.74 Å². The fourth-order valence-electron chi connectivity index (χ4n) is 1.83. The second kappa shape index (κ2) is 5.56. The summed E-state index contributed by atoms with van der Waals surface area (Å²) in [5.41, 5.74) is 2.21. The molecule has 0 aliphatic carbocycles. The van der Waals surface area contributed by atoms with Crippen LogP contribution in [0.2, 0.25) is 0 Å². The first-order chi connectivity index (χ1) is 9.17. The number of rotatable bonds is 4. The third kappa shape index (κ3) is 2.59. The highest BCUT2D eigenvalue weighted by Gasteiger charge is 2.19. The normalized spacial score (nSPS) is 10.3. The monoisotopic (exact) mass is 257 g/mol. The van der Waals surface area contributed by atoms with E-state index in [4.69, 9.17) is 4.74 Å². The maximum Gasteiger partial charge on any atom is 0.217 e. The summed E-state index contributed by atoms with van der Waals surface area (Å²) in [7, 11) is 1.52. The van der Waals surface area contributed by atoms with Crippen LogP contribution in [0.4, 0.5) is 0 Å². The topological polar surface area (TPSA) is 65.0 Å². The molecule has 5 nitrogen and oxygen atoms in total. The first-order valence-electron chi connectivity index (χ1n) is 6.04. The number of carbonyl (C=O) groups is 1. The number of nitrogens with zero attached hydrogens (tertiary/aromatic N) is 3. The van der Waals surface area contributed by atoms with Crippen LogP contribution in [-0.4, -0.2) is 28.1 Å². The SMILES string of the molecule is CCc1nnc(C)cc1C(=O)c1ncccc1OC. The van der Waals surface area contributed by atoms with E-state index in [9.17, 15) is 4.79 Å². The molecule has 2 aromatic heterocycles. The Morgan fingerprint density at radius 1 is 1.37 bits per heavy atom. The summed E-state index contributed by atoms with van der Waals surface area (Å²) in [5, 5.41) is 8.03. The number of aryl methyl sites for hydroxylation is 2. The van der Waals surface area contributed by atoms with Gasteiger partial charge in [-0.1, -0.05) is 6.92 Å². The van der Waals surface area contributed by atoms with Gasteiger partial charge in [0.05, 0.1) is 18.5 Å². The zero-order valence-electron chi connectivity index (χ0n) is 11.2. The zero-order chi connectivity index (χ0) is 13.8. The fourth-order valence-corrected chi connectivity index (χ4v) is 1.83. The molecule has 98 valence electrons. The molecule has 0 aliphatic rings. The van der Waals surface area contributed by atoms with Crippen molar-refractivity contribution in [2.24, 2.45) is 0 Å². The van der Waals surface area contributed by atoms with Crippen molar-refractivity contribution in [1.82, 2.24) is 15.2 Å². The van der Waals surface area contributed by atoms with Gasteiger partial charge in [0.25, 0.3) is 0 Å². The molecule has 0 spiro atoms. The molecule has 0 atom stereocenters. The van der Waals surface area contributed by atoms with Crippen molar-refractivity contribution < 1.29 is 9.53 Å². The van der Waals surface area contributed by atoms with E-state index in [1.165, 1.54) is 7.11 Å². The van der Waals surface area contributed by atoms with E-state index in [0.29, 0.717) is 34.8 Å². The molecule has 5 heteroatoms. The van der Waals surface area contributed by atoms with E-state index in [1.54, 1.807) is 31.3 Å². The lowest BCUT2D eigenvalue weighted by Crippen LogP contribution is -2.11. The molecule has 0 fully saturated rings. The van der Waals surface area contributed by atoms with Crippen LogP contribution < -0.4 is 4.74 Å². The average Bonchev–Trinajstić information content (AvgIpc) is 2.46. The smallest absolute Gasteiger partial charge is 0.217 e. The van der Waals surface area contributed by atoms with Crippen molar-refractivity contribution in [1.29, 1.82) is 0 Å². The lowest BCUT2D eigenvalue weighted by Gasteiger charge is -2.08. The van der Waals surface area contributed by atoms with Crippen LogP contribution in [0.5, 0.6) is 5.75 Å². The number of methoxy groups -OCH3 is 1. The highest BCUT2D eigenvalue weighted by atomic mass is 16.5. The summed E-state index contributed by atoms with van der Waals surface area (Å²) < 4.78 is 5.17. The number of ether oxygens (including phenoxy) is 1. The Kier molecular flexibility index (Phi) is 3.85. The van der Waals surface area contributed by atoms with Gasteiger partial charge >= 0.3 is 0 Å². The minimum absolute atomic E-state index is 0.188. The van der Waals surface area contributed by atoms with Gasteiger partial charge in [0.1, 0.15) is 5.75 Å². The summed E-state index contributed by atoms with van der Waals surface area (Å²) in [6.07, 6.45) is 2.21. The van der Waals surface area contributed by atoms with Crippen molar-refractivity contribution in [3.8, 4) is 5.75 Å². The summed E-state index contributed by atoms with van der Waals surface area (Å²) >= 11 is 0. The quantitative estimate of drug-likeness (QED) is 0.784. The number of hydrogen-bond acceptors (Lipinski definition) is 5. The van der Waals surface area contributed by atoms with Gasteiger partial charge in [-0.15, -0.1) is 0 Å². The molecule has 0 saturated heterocycles. The van der Waals surface area contributed by atoms with E-state index in [1.807, 2.05) is 6.92 Å². The first-order valence-corrected chi connectivity index (χ1v) is 6.04. The second-order valence-electron chi connectivity index (χ2n) is 4.08. The van der Waals surface area contributed by atoms with Crippen LogP contribution in [0.15, 0.2) is 24.4 Å². The molecule has 0 bridgehead atoms. The third-order valence-corrected chi connectivity index (χ3v) is 2.78. The van der Waals surface area contributed by atoms with Crippen molar-refractivity contribution in [3.63, 3.8) is 0 Å². The van der Waals surface area contributed by atoms with Crippen LogP contribution in [-0.2, 0) is 6.42 Å². The van der Waals surface area contributed by atoms with Crippen molar-refractivity contribution in [2.75, 3.05) is 7.11 Å². The van der Waals surface area contributed by atoms with E-state index < -0.39 is 0 Å². The maximum atomic E-state index is 12.5. The zero-order valence-corrected chi connectivity index (χ0v) is 11.2. The Hall–Kier alpha value is -2.30. The Bertz CT molecular complexity index is 611. The third-order valence-electron chi connectivity index (χ3n) is 2.78. The van der Waals surface area contributed by atoms with Gasteiger partial charge in [0.2, 0.25) is 5.78 Å². The van der Waals surface area contributed by atoms with Crippen LogP contribution in [0.3, 0.4) is 0 Å². The number of carbonyl (C=O) groups excluding carboxylic acids is 1. The van der Waals surface area contributed by atoms with Gasteiger partial charge in [-0.05, 0) is 31.5 Å². The number of ketones is 1. The summed E-state index contributed by atoms with van der Waals surface area (Å²) in [6.45, 7) is 3.74. The maximum absolute atomic E-state index is 12.5. The summed E-state index contributed by atoms with van der Waals surface area (Å²) in [6, 6.07) is 5.18. The van der Waals surface area contributed by atoms with Crippen LogP contribution in [0, 0.1) is 6.92 Å². The fraction of sp³-hybridized carbons (Fsp3) is 0.286.